The van der Waals surface area contributed by atoms with E-state index < -0.39 is 0 Å². The molecule has 0 aliphatic carbocycles. The molecule has 0 spiro atoms. The molecule has 2 aromatic rings. The van der Waals surface area contributed by atoms with Crippen molar-refractivity contribution in [1.29, 1.82) is 0 Å². The number of carbonyl (C=O) groups is 1. The van der Waals surface area contributed by atoms with Gasteiger partial charge in [0.05, 0.1) is 5.69 Å². The summed E-state index contributed by atoms with van der Waals surface area (Å²) in [6, 6.07) is 2.08. The molecule has 1 amide bonds. The molecule has 1 fully saturated rings. The summed E-state index contributed by atoms with van der Waals surface area (Å²) >= 11 is 0. The molecular weight excluding hydrogens is 294 g/mol. The van der Waals surface area contributed by atoms with E-state index in [9.17, 15) is 4.79 Å². The molecule has 0 radical (unpaired) electrons. The van der Waals surface area contributed by atoms with E-state index in [0.717, 1.165) is 43.7 Å². The maximum absolute atomic E-state index is 12.4. The van der Waals surface area contributed by atoms with Gasteiger partial charge in [-0.2, -0.15) is 10.1 Å². The van der Waals surface area contributed by atoms with Crippen molar-refractivity contribution in [2.75, 3.05) is 13.1 Å². The van der Waals surface area contributed by atoms with E-state index in [-0.39, 0.29) is 5.91 Å². The predicted octanol–water partition coefficient (Wildman–Crippen LogP) is 2.14. The van der Waals surface area contributed by atoms with Gasteiger partial charge in [0.25, 0.3) is 0 Å². The van der Waals surface area contributed by atoms with Crippen molar-refractivity contribution in [2.24, 2.45) is 0 Å². The summed E-state index contributed by atoms with van der Waals surface area (Å²) in [6.45, 7) is 5.41. The number of rotatable bonds is 5. The van der Waals surface area contributed by atoms with E-state index in [1.165, 1.54) is 0 Å². The van der Waals surface area contributed by atoms with Crippen LogP contribution >= 0.6 is 0 Å². The lowest BCUT2D eigenvalue weighted by Crippen LogP contribution is -2.39. The zero-order valence-corrected chi connectivity index (χ0v) is 13.7. The number of H-pyrrole nitrogens is 1. The maximum Gasteiger partial charge on any atom is 0.226 e. The van der Waals surface area contributed by atoms with Gasteiger partial charge in [0.1, 0.15) is 0 Å². The molecule has 1 aliphatic heterocycles. The number of nitrogens with zero attached hydrogens (tertiary/aromatic N) is 4. The normalized spacial score (nSPS) is 18.3. The van der Waals surface area contributed by atoms with Crippen molar-refractivity contribution in [3.63, 3.8) is 0 Å². The highest BCUT2D eigenvalue weighted by molar-refractivity contribution is 5.76. The van der Waals surface area contributed by atoms with Crippen LogP contribution in [0.1, 0.15) is 54.7 Å². The van der Waals surface area contributed by atoms with Gasteiger partial charge in [-0.3, -0.25) is 9.89 Å². The number of aryl methyl sites for hydroxylation is 3. The van der Waals surface area contributed by atoms with Gasteiger partial charge in [0.2, 0.25) is 11.8 Å². The highest BCUT2D eigenvalue weighted by atomic mass is 16.5. The van der Waals surface area contributed by atoms with Gasteiger partial charge < -0.3 is 9.42 Å². The zero-order valence-electron chi connectivity index (χ0n) is 13.7. The third-order valence-electron chi connectivity index (χ3n) is 4.27. The lowest BCUT2D eigenvalue weighted by atomic mass is 9.94. The predicted molar refractivity (Wildman–Crippen MR) is 83.9 cm³/mol. The molecule has 1 saturated heterocycles. The topological polar surface area (TPSA) is 87.9 Å². The quantitative estimate of drug-likeness (QED) is 0.912. The summed E-state index contributed by atoms with van der Waals surface area (Å²) < 4.78 is 5.07. The molecule has 1 N–H and O–H groups in total. The second-order valence-electron chi connectivity index (χ2n) is 6.24. The molecule has 7 heteroatoms. The lowest BCUT2D eigenvalue weighted by Gasteiger charge is -2.32. The molecule has 3 rings (SSSR count). The van der Waals surface area contributed by atoms with Crippen molar-refractivity contribution in [1.82, 2.24) is 25.2 Å². The van der Waals surface area contributed by atoms with Crippen molar-refractivity contribution < 1.29 is 9.32 Å². The molecule has 0 aromatic carbocycles. The van der Waals surface area contributed by atoms with Crippen LogP contribution < -0.4 is 0 Å². The van der Waals surface area contributed by atoms with Crippen molar-refractivity contribution >= 4 is 5.91 Å². The van der Waals surface area contributed by atoms with E-state index in [0.29, 0.717) is 30.5 Å². The molecule has 1 aliphatic rings. The van der Waals surface area contributed by atoms with Crippen molar-refractivity contribution in [2.45, 2.75) is 51.9 Å². The first-order chi connectivity index (χ1) is 11.1. The Hall–Kier alpha value is -2.18. The van der Waals surface area contributed by atoms with Crippen LogP contribution in [0.4, 0.5) is 0 Å². The van der Waals surface area contributed by atoms with Crippen LogP contribution in [0.25, 0.3) is 0 Å². The highest BCUT2D eigenvalue weighted by Crippen LogP contribution is 2.26. The first-order valence-corrected chi connectivity index (χ1v) is 8.20. The summed E-state index contributed by atoms with van der Waals surface area (Å²) in [5.41, 5.74) is 2.14. The fourth-order valence-corrected chi connectivity index (χ4v) is 3.08. The van der Waals surface area contributed by atoms with E-state index in [1.54, 1.807) is 6.92 Å². The van der Waals surface area contributed by atoms with Gasteiger partial charge in [0, 0.05) is 37.5 Å². The largest absolute Gasteiger partial charge is 0.342 e. The Morgan fingerprint density at radius 2 is 2.35 bits per heavy atom. The summed E-state index contributed by atoms with van der Waals surface area (Å²) in [4.78, 5) is 18.5. The molecular formula is C16H23N5O2. The third-order valence-corrected chi connectivity index (χ3v) is 4.27. The average molecular weight is 317 g/mol. The van der Waals surface area contributed by atoms with Crippen LogP contribution in [0.15, 0.2) is 10.6 Å². The monoisotopic (exact) mass is 317 g/mol. The summed E-state index contributed by atoms with van der Waals surface area (Å²) in [5, 5.41) is 11.1. The number of hydrogen-bond donors (Lipinski definition) is 1. The van der Waals surface area contributed by atoms with Gasteiger partial charge in [0.15, 0.2) is 5.82 Å². The Labute approximate surface area is 135 Å². The van der Waals surface area contributed by atoms with Crippen LogP contribution in [0.5, 0.6) is 0 Å². The molecule has 0 bridgehead atoms. The molecule has 3 heterocycles. The van der Waals surface area contributed by atoms with E-state index >= 15 is 0 Å². The summed E-state index contributed by atoms with van der Waals surface area (Å²) in [6.07, 6.45) is 4.04. The first-order valence-electron chi connectivity index (χ1n) is 8.20. The van der Waals surface area contributed by atoms with Gasteiger partial charge in [-0.1, -0.05) is 5.16 Å². The van der Waals surface area contributed by atoms with Crippen LogP contribution in [-0.2, 0) is 11.2 Å². The SMILES string of the molecule is Cc1noc(CCCC(=O)N2CCC[C@@H](c3cc(C)[nH]n3)C2)n1. The number of carbonyl (C=O) groups excluding carboxylic acids is 1. The number of nitrogens with one attached hydrogen (secondary N) is 1. The maximum atomic E-state index is 12.4. The Morgan fingerprint density at radius 3 is 3.04 bits per heavy atom. The lowest BCUT2D eigenvalue weighted by molar-refractivity contribution is -0.132. The van der Waals surface area contributed by atoms with E-state index in [2.05, 4.69) is 26.4 Å². The second-order valence-corrected chi connectivity index (χ2v) is 6.24. The van der Waals surface area contributed by atoms with Crippen LogP contribution in [0, 0.1) is 13.8 Å². The molecule has 0 unspecified atom stereocenters. The van der Waals surface area contributed by atoms with E-state index in [1.807, 2.05) is 11.8 Å². The van der Waals surface area contributed by atoms with Crippen LogP contribution in [0.2, 0.25) is 0 Å². The second kappa shape index (κ2) is 6.93. The van der Waals surface area contributed by atoms with Gasteiger partial charge in [-0.25, -0.2) is 0 Å². The van der Waals surface area contributed by atoms with Gasteiger partial charge >= 0.3 is 0 Å². The summed E-state index contributed by atoms with van der Waals surface area (Å²) in [5.74, 6) is 1.80. The average Bonchev–Trinajstić information content (AvgIpc) is 3.16. The minimum atomic E-state index is 0.207. The Balaban J connectivity index is 1.48. The Kier molecular flexibility index (Phi) is 4.73. The number of amides is 1. The molecule has 124 valence electrons. The standard InChI is InChI=1S/C16H23N5O2/c1-11-9-14(19-18-11)13-5-4-8-21(10-13)16(22)7-3-6-15-17-12(2)20-23-15/h9,13H,3-8,10H2,1-2H3,(H,18,19)/t13-/m1/s1. The van der Waals surface area contributed by atoms with Crippen LogP contribution in [0.3, 0.4) is 0 Å². The molecule has 23 heavy (non-hydrogen) atoms. The summed E-state index contributed by atoms with van der Waals surface area (Å²) in [7, 11) is 0. The van der Waals surface area contributed by atoms with Crippen LogP contribution in [-0.4, -0.2) is 44.2 Å². The number of aromatic amines is 1. The molecule has 1 atom stereocenters. The number of piperidine rings is 1. The fraction of sp³-hybridized carbons (Fsp3) is 0.625. The Bertz CT molecular complexity index is 663. The Morgan fingerprint density at radius 1 is 1.48 bits per heavy atom. The van der Waals surface area contributed by atoms with Crippen molar-refractivity contribution in [3.8, 4) is 0 Å². The molecule has 0 saturated carbocycles. The number of aromatic nitrogens is 4. The minimum Gasteiger partial charge on any atom is -0.342 e. The number of likely N-dealkylation sites (tertiary alicyclic amines) is 1. The number of hydrogen-bond acceptors (Lipinski definition) is 5. The van der Waals surface area contributed by atoms with Crippen molar-refractivity contribution in [3.05, 3.63) is 29.2 Å². The van der Waals surface area contributed by atoms with Gasteiger partial charge in [-0.05, 0) is 39.2 Å². The minimum absolute atomic E-state index is 0.207. The zero-order chi connectivity index (χ0) is 16.2. The fourth-order valence-electron chi connectivity index (χ4n) is 3.08. The third kappa shape index (κ3) is 3.97. The molecule has 2 aromatic heterocycles. The van der Waals surface area contributed by atoms with Gasteiger partial charge in [-0.15, -0.1) is 0 Å². The first kappa shape index (κ1) is 15.7. The molecule has 7 nitrogen and oxygen atoms in total. The smallest absolute Gasteiger partial charge is 0.226 e. The van der Waals surface area contributed by atoms with E-state index in [4.69, 9.17) is 4.52 Å². The highest BCUT2D eigenvalue weighted by Gasteiger charge is 2.25.